The zero-order chi connectivity index (χ0) is 20.0. The number of carbonyl (C=O) groups is 2. The van der Waals surface area contributed by atoms with E-state index in [1.165, 1.54) is 19.1 Å². The lowest BCUT2D eigenvalue weighted by atomic mass is 10.0. The number of halogens is 3. The van der Waals surface area contributed by atoms with E-state index in [-0.39, 0.29) is 29.3 Å². The zero-order valence-corrected chi connectivity index (χ0v) is 16.6. The van der Waals surface area contributed by atoms with Crippen molar-refractivity contribution in [1.82, 2.24) is 10.6 Å². The fraction of sp³-hybridized carbons (Fsp3) is 0.300. The van der Waals surface area contributed by atoms with E-state index < -0.39 is 11.9 Å². The summed E-state index contributed by atoms with van der Waals surface area (Å²) >= 11 is 11.8. The average molecular weight is 411 g/mol. The largest absolute Gasteiger partial charge is 0.345 e. The van der Waals surface area contributed by atoms with E-state index in [1.54, 1.807) is 6.92 Å². The van der Waals surface area contributed by atoms with Gasteiger partial charge in [0.25, 0.3) is 0 Å². The molecule has 7 heteroatoms. The Morgan fingerprint density at radius 3 is 2.41 bits per heavy atom. The van der Waals surface area contributed by atoms with E-state index in [9.17, 15) is 14.0 Å². The van der Waals surface area contributed by atoms with Crippen molar-refractivity contribution >= 4 is 34.9 Å². The van der Waals surface area contributed by atoms with Gasteiger partial charge in [0.1, 0.15) is 5.82 Å². The smallest absolute Gasteiger partial charge is 0.234 e. The number of carbonyl (C=O) groups excluding carboxylic acids is 2. The van der Waals surface area contributed by atoms with Crippen LogP contribution in [-0.4, -0.2) is 24.3 Å². The van der Waals surface area contributed by atoms with Crippen LogP contribution in [0.3, 0.4) is 0 Å². The molecule has 0 bridgehead atoms. The van der Waals surface area contributed by atoms with Crippen LogP contribution in [-0.2, 0) is 16.0 Å². The summed E-state index contributed by atoms with van der Waals surface area (Å²) < 4.78 is 13.7. The second-order valence-corrected chi connectivity index (χ2v) is 7.13. The van der Waals surface area contributed by atoms with Crippen LogP contribution >= 0.6 is 23.2 Å². The molecule has 2 atom stereocenters. The van der Waals surface area contributed by atoms with Crippen molar-refractivity contribution in [3.63, 3.8) is 0 Å². The first kappa shape index (κ1) is 21.4. The van der Waals surface area contributed by atoms with E-state index in [2.05, 4.69) is 10.6 Å². The zero-order valence-electron chi connectivity index (χ0n) is 15.1. The molecular weight excluding hydrogens is 390 g/mol. The minimum atomic E-state index is -0.603. The lowest BCUT2D eigenvalue weighted by Gasteiger charge is -2.19. The molecule has 2 rings (SSSR count). The van der Waals surface area contributed by atoms with Crippen LogP contribution in [0.2, 0.25) is 10.0 Å². The predicted octanol–water partition coefficient (Wildman–Crippen LogP) is 4.10. The molecule has 0 spiro atoms. The van der Waals surface area contributed by atoms with Crippen molar-refractivity contribution in [2.75, 3.05) is 6.54 Å². The van der Waals surface area contributed by atoms with Crippen LogP contribution in [0.15, 0.2) is 42.5 Å². The van der Waals surface area contributed by atoms with Crippen LogP contribution in [0.25, 0.3) is 0 Å². The first-order valence-electron chi connectivity index (χ1n) is 8.49. The Bertz CT molecular complexity index is 815. The van der Waals surface area contributed by atoms with Gasteiger partial charge in [-0.05, 0) is 43.5 Å². The van der Waals surface area contributed by atoms with Gasteiger partial charge in [-0.1, -0.05) is 53.5 Å². The van der Waals surface area contributed by atoms with E-state index >= 15 is 0 Å². The van der Waals surface area contributed by atoms with Crippen molar-refractivity contribution in [1.29, 1.82) is 0 Å². The first-order valence-corrected chi connectivity index (χ1v) is 9.25. The molecule has 0 unspecified atom stereocenters. The molecule has 2 aromatic rings. The van der Waals surface area contributed by atoms with Gasteiger partial charge in [-0.25, -0.2) is 4.39 Å². The molecule has 0 radical (unpaired) electrons. The van der Waals surface area contributed by atoms with Crippen LogP contribution in [0.1, 0.15) is 31.0 Å². The van der Waals surface area contributed by atoms with Gasteiger partial charge in [-0.3, -0.25) is 9.59 Å². The normalized spacial score (nSPS) is 13.1. The molecule has 0 heterocycles. The highest BCUT2D eigenvalue weighted by Gasteiger charge is 2.19. The van der Waals surface area contributed by atoms with Crippen molar-refractivity contribution in [3.8, 4) is 0 Å². The maximum absolute atomic E-state index is 13.7. The van der Waals surface area contributed by atoms with Gasteiger partial charge in [0, 0.05) is 11.1 Å². The Labute approximate surface area is 168 Å². The summed E-state index contributed by atoms with van der Waals surface area (Å²) in [5, 5.41) is 5.96. The third kappa shape index (κ3) is 6.31. The Hall–Kier alpha value is -1.95. The van der Waals surface area contributed by atoms with Crippen LogP contribution in [0.5, 0.6) is 0 Å². The molecule has 0 aliphatic heterocycles. The highest BCUT2D eigenvalue weighted by atomic mass is 35.5. The summed E-state index contributed by atoms with van der Waals surface area (Å²) in [6, 6.07) is 11.1. The standard InChI is InChI=1S/C20H21Cl2FN2O2/c1-12(15-9-18(23)17(22)10-16(15)21)24-11-20(27)25-19(13(2)26)8-14-6-4-3-5-7-14/h3-7,9-10,12,19,24H,8,11H2,1-2H3,(H,25,27)/t12-,19+/m0/s1. The number of nitrogens with one attached hydrogen (secondary N) is 2. The summed E-state index contributed by atoms with van der Waals surface area (Å²) in [6.07, 6.45) is 0.422. The number of ketones is 1. The molecule has 0 fully saturated rings. The quantitative estimate of drug-likeness (QED) is 0.644. The van der Waals surface area contributed by atoms with E-state index in [0.29, 0.717) is 17.0 Å². The Morgan fingerprint density at radius 1 is 1.11 bits per heavy atom. The van der Waals surface area contributed by atoms with Gasteiger partial charge < -0.3 is 10.6 Å². The lowest BCUT2D eigenvalue weighted by molar-refractivity contribution is -0.126. The topological polar surface area (TPSA) is 58.2 Å². The van der Waals surface area contributed by atoms with Gasteiger partial charge in [0.15, 0.2) is 5.78 Å². The Morgan fingerprint density at radius 2 is 1.78 bits per heavy atom. The summed E-state index contributed by atoms with van der Waals surface area (Å²) in [4.78, 5) is 24.1. The second kappa shape index (κ2) is 9.83. The molecule has 4 nitrogen and oxygen atoms in total. The number of Topliss-reactive ketones (excluding diaryl/α,β-unsaturated/α-hetero) is 1. The number of benzene rings is 2. The van der Waals surface area contributed by atoms with E-state index in [4.69, 9.17) is 23.2 Å². The molecule has 2 N–H and O–H groups in total. The maximum Gasteiger partial charge on any atom is 0.234 e. The maximum atomic E-state index is 13.7. The SMILES string of the molecule is CC(=O)[C@@H](Cc1ccccc1)NC(=O)CN[C@@H](C)c1cc(F)c(Cl)cc1Cl. The Kier molecular flexibility index (Phi) is 7.78. The molecule has 0 aromatic heterocycles. The molecule has 144 valence electrons. The fourth-order valence-corrected chi connectivity index (χ4v) is 3.16. The highest BCUT2D eigenvalue weighted by Crippen LogP contribution is 2.28. The number of hydrogen-bond donors (Lipinski definition) is 2. The molecule has 1 amide bonds. The van der Waals surface area contributed by atoms with Gasteiger partial charge in [-0.15, -0.1) is 0 Å². The first-order chi connectivity index (χ1) is 12.8. The predicted molar refractivity (Wildman–Crippen MR) is 106 cm³/mol. The Balaban J connectivity index is 1.94. The number of rotatable bonds is 8. The molecule has 0 saturated carbocycles. The summed E-state index contributed by atoms with van der Waals surface area (Å²) in [7, 11) is 0. The van der Waals surface area contributed by atoms with Gasteiger partial charge in [0.05, 0.1) is 17.6 Å². The third-order valence-electron chi connectivity index (χ3n) is 4.18. The molecule has 0 aliphatic carbocycles. The molecule has 0 aliphatic rings. The number of hydrogen-bond acceptors (Lipinski definition) is 3. The van der Waals surface area contributed by atoms with E-state index in [0.717, 1.165) is 5.56 Å². The van der Waals surface area contributed by atoms with Crippen molar-refractivity contribution in [2.45, 2.75) is 32.4 Å². The van der Waals surface area contributed by atoms with Crippen molar-refractivity contribution in [2.24, 2.45) is 0 Å². The minimum absolute atomic E-state index is 0.0414. The molecule has 2 aromatic carbocycles. The van der Waals surface area contributed by atoms with Crippen molar-refractivity contribution < 1.29 is 14.0 Å². The van der Waals surface area contributed by atoms with Gasteiger partial charge >= 0.3 is 0 Å². The lowest BCUT2D eigenvalue weighted by Crippen LogP contribution is -2.45. The highest BCUT2D eigenvalue weighted by molar-refractivity contribution is 6.35. The van der Waals surface area contributed by atoms with Crippen molar-refractivity contribution in [3.05, 3.63) is 69.5 Å². The molecular formula is C20H21Cl2FN2O2. The summed E-state index contributed by atoms with van der Waals surface area (Å²) in [6.45, 7) is 3.16. The van der Waals surface area contributed by atoms with Crippen LogP contribution < -0.4 is 10.6 Å². The van der Waals surface area contributed by atoms with Gasteiger partial charge in [-0.2, -0.15) is 0 Å². The summed E-state index contributed by atoms with van der Waals surface area (Å²) in [5.41, 5.74) is 1.46. The van der Waals surface area contributed by atoms with Crippen LogP contribution in [0, 0.1) is 5.82 Å². The number of amides is 1. The molecule has 0 saturated heterocycles. The van der Waals surface area contributed by atoms with Gasteiger partial charge in [0.2, 0.25) is 5.91 Å². The van der Waals surface area contributed by atoms with Crippen LogP contribution in [0.4, 0.5) is 4.39 Å². The fourth-order valence-electron chi connectivity index (χ4n) is 2.62. The monoisotopic (exact) mass is 410 g/mol. The van der Waals surface area contributed by atoms with E-state index in [1.807, 2.05) is 30.3 Å². The summed E-state index contributed by atoms with van der Waals surface area (Å²) in [5.74, 6) is -1.03. The average Bonchev–Trinajstić information content (AvgIpc) is 2.63. The second-order valence-electron chi connectivity index (χ2n) is 6.31. The third-order valence-corrected chi connectivity index (χ3v) is 4.80. The minimum Gasteiger partial charge on any atom is -0.345 e. The molecule has 27 heavy (non-hydrogen) atoms.